The third-order valence-electron chi connectivity index (χ3n) is 2.60. The lowest BCUT2D eigenvalue weighted by Gasteiger charge is -2.07. The van der Waals surface area contributed by atoms with Crippen molar-refractivity contribution in [2.45, 2.75) is 6.92 Å². The number of nitrogens with one attached hydrogen (secondary N) is 2. The molecule has 0 aliphatic carbocycles. The summed E-state index contributed by atoms with van der Waals surface area (Å²) in [6, 6.07) is 4.02. The zero-order valence-electron chi connectivity index (χ0n) is 11.1. The van der Waals surface area contributed by atoms with Crippen LogP contribution in [0.25, 0.3) is 0 Å². The van der Waals surface area contributed by atoms with Gasteiger partial charge in [0, 0.05) is 24.0 Å². The topological polar surface area (TPSA) is 71.2 Å². The van der Waals surface area contributed by atoms with E-state index in [0.29, 0.717) is 6.61 Å². The number of amides is 1. The Morgan fingerprint density at radius 3 is 2.67 bits per heavy atom. The van der Waals surface area contributed by atoms with E-state index in [2.05, 4.69) is 10.3 Å². The average molecular weight is 294 g/mol. The van der Waals surface area contributed by atoms with Crippen molar-refractivity contribution in [2.75, 3.05) is 11.9 Å². The van der Waals surface area contributed by atoms with Gasteiger partial charge in [-0.15, -0.1) is 0 Å². The van der Waals surface area contributed by atoms with E-state index >= 15 is 0 Å². The molecule has 110 valence electrons. The van der Waals surface area contributed by atoms with E-state index in [9.17, 15) is 18.4 Å². The molecule has 7 heteroatoms. The molecule has 0 fully saturated rings. The van der Waals surface area contributed by atoms with E-state index in [0.717, 1.165) is 18.2 Å². The first-order valence-electron chi connectivity index (χ1n) is 6.13. The van der Waals surface area contributed by atoms with E-state index < -0.39 is 23.0 Å². The molecule has 0 bridgehead atoms. The fourth-order valence-electron chi connectivity index (χ4n) is 1.63. The number of benzene rings is 1. The van der Waals surface area contributed by atoms with Crippen LogP contribution in [0.2, 0.25) is 0 Å². The standard InChI is InChI=1S/C14H12F2N2O3/c1-2-21-13-7-17-11(6-12(13)19)14(20)18-8-3-4-9(15)10(16)5-8/h3-7H,2H2,1H3,(H,17,19)(H,18,20). The van der Waals surface area contributed by atoms with Crippen LogP contribution in [0.1, 0.15) is 17.4 Å². The van der Waals surface area contributed by atoms with E-state index in [1.165, 1.54) is 12.3 Å². The second-order valence-corrected chi connectivity index (χ2v) is 4.09. The molecule has 0 unspecified atom stereocenters. The summed E-state index contributed by atoms with van der Waals surface area (Å²) in [6.07, 6.45) is 1.27. The Morgan fingerprint density at radius 1 is 1.29 bits per heavy atom. The SMILES string of the molecule is CCOc1c[nH]c(C(=O)Nc2ccc(F)c(F)c2)cc1=O. The molecule has 1 heterocycles. The minimum Gasteiger partial charge on any atom is -0.488 e. The van der Waals surface area contributed by atoms with Crippen LogP contribution in [-0.4, -0.2) is 17.5 Å². The lowest BCUT2D eigenvalue weighted by Crippen LogP contribution is -2.18. The van der Waals surface area contributed by atoms with E-state index in [1.807, 2.05) is 0 Å². The fraction of sp³-hybridized carbons (Fsp3) is 0.143. The third kappa shape index (κ3) is 3.44. The Morgan fingerprint density at radius 2 is 2.05 bits per heavy atom. The third-order valence-corrected chi connectivity index (χ3v) is 2.60. The normalized spacial score (nSPS) is 10.2. The van der Waals surface area contributed by atoms with Gasteiger partial charge < -0.3 is 15.0 Å². The molecule has 2 rings (SSSR count). The zero-order valence-corrected chi connectivity index (χ0v) is 11.1. The van der Waals surface area contributed by atoms with Crippen LogP contribution in [0.4, 0.5) is 14.5 Å². The van der Waals surface area contributed by atoms with Gasteiger partial charge in [0.2, 0.25) is 5.43 Å². The molecule has 0 aliphatic heterocycles. The summed E-state index contributed by atoms with van der Waals surface area (Å²) in [7, 11) is 0. The Balaban J connectivity index is 2.18. The van der Waals surface area contributed by atoms with Crippen molar-refractivity contribution in [3.63, 3.8) is 0 Å². The highest BCUT2D eigenvalue weighted by Gasteiger charge is 2.11. The minimum atomic E-state index is -1.08. The molecule has 1 amide bonds. The molecule has 1 aromatic heterocycles. The van der Waals surface area contributed by atoms with Gasteiger partial charge in [0.15, 0.2) is 17.4 Å². The summed E-state index contributed by atoms with van der Waals surface area (Å²) in [5, 5.41) is 2.35. The Labute approximate surface area is 118 Å². The van der Waals surface area contributed by atoms with Crippen molar-refractivity contribution in [1.29, 1.82) is 0 Å². The smallest absolute Gasteiger partial charge is 0.272 e. The number of hydrogen-bond acceptors (Lipinski definition) is 3. The van der Waals surface area contributed by atoms with Crippen molar-refractivity contribution in [3.8, 4) is 5.75 Å². The molecule has 0 saturated carbocycles. The second-order valence-electron chi connectivity index (χ2n) is 4.09. The van der Waals surface area contributed by atoms with Crippen LogP contribution in [0.15, 0.2) is 35.3 Å². The van der Waals surface area contributed by atoms with Crippen molar-refractivity contribution in [1.82, 2.24) is 4.98 Å². The summed E-state index contributed by atoms with van der Waals surface area (Å²) in [5.41, 5.74) is -0.396. The fourth-order valence-corrected chi connectivity index (χ4v) is 1.63. The Bertz CT molecular complexity index is 728. The maximum Gasteiger partial charge on any atom is 0.272 e. The maximum atomic E-state index is 13.0. The van der Waals surface area contributed by atoms with Crippen LogP contribution < -0.4 is 15.5 Å². The van der Waals surface area contributed by atoms with E-state index in [4.69, 9.17) is 4.74 Å². The van der Waals surface area contributed by atoms with E-state index in [-0.39, 0.29) is 17.1 Å². The lowest BCUT2D eigenvalue weighted by molar-refractivity contribution is 0.102. The number of rotatable bonds is 4. The van der Waals surface area contributed by atoms with Gasteiger partial charge in [-0.2, -0.15) is 0 Å². The molecule has 0 saturated heterocycles. The number of hydrogen-bond donors (Lipinski definition) is 2. The summed E-state index contributed by atoms with van der Waals surface area (Å²) in [5.74, 6) is -2.64. The first kappa shape index (κ1) is 14.7. The highest BCUT2D eigenvalue weighted by molar-refractivity contribution is 6.02. The van der Waals surface area contributed by atoms with Gasteiger partial charge in [0.1, 0.15) is 5.69 Å². The van der Waals surface area contributed by atoms with Crippen LogP contribution >= 0.6 is 0 Å². The monoisotopic (exact) mass is 294 g/mol. The summed E-state index contributed by atoms with van der Waals surface area (Å²) < 4.78 is 30.9. The van der Waals surface area contributed by atoms with Crippen molar-refractivity contribution in [2.24, 2.45) is 0 Å². The van der Waals surface area contributed by atoms with Gasteiger partial charge in [0.05, 0.1) is 6.61 Å². The summed E-state index contributed by atoms with van der Waals surface area (Å²) >= 11 is 0. The number of anilines is 1. The van der Waals surface area contributed by atoms with Gasteiger partial charge in [0.25, 0.3) is 5.91 Å². The molecular weight excluding hydrogens is 282 g/mol. The Hall–Kier alpha value is -2.70. The molecule has 0 radical (unpaired) electrons. The first-order valence-corrected chi connectivity index (χ1v) is 6.13. The highest BCUT2D eigenvalue weighted by atomic mass is 19.2. The Kier molecular flexibility index (Phi) is 4.32. The predicted molar refractivity (Wildman–Crippen MR) is 72.5 cm³/mol. The molecule has 1 aromatic carbocycles. The van der Waals surface area contributed by atoms with Gasteiger partial charge in [-0.3, -0.25) is 9.59 Å². The molecule has 0 spiro atoms. The highest BCUT2D eigenvalue weighted by Crippen LogP contribution is 2.14. The maximum absolute atomic E-state index is 13.0. The van der Waals surface area contributed by atoms with Crippen LogP contribution in [0.5, 0.6) is 5.75 Å². The van der Waals surface area contributed by atoms with Crippen LogP contribution in [0.3, 0.4) is 0 Å². The van der Waals surface area contributed by atoms with Gasteiger partial charge in [-0.25, -0.2) is 8.78 Å². The number of ether oxygens (including phenoxy) is 1. The van der Waals surface area contributed by atoms with Crippen molar-refractivity contribution < 1.29 is 18.3 Å². The van der Waals surface area contributed by atoms with Crippen molar-refractivity contribution in [3.05, 3.63) is 58.0 Å². The molecule has 21 heavy (non-hydrogen) atoms. The molecule has 2 N–H and O–H groups in total. The predicted octanol–water partition coefficient (Wildman–Crippen LogP) is 2.30. The molecule has 0 atom stereocenters. The summed E-state index contributed by atoms with van der Waals surface area (Å²) in [4.78, 5) is 26.1. The number of pyridine rings is 1. The number of aromatic amines is 1. The lowest BCUT2D eigenvalue weighted by atomic mass is 10.2. The minimum absolute atomic E-state index is 0.0202. The van der Waals surface area contributed by atoms with Crippen LogP contribution in [0, 0.1) is 11.6 Å². The van der Waals surface area contributed by atoms with Crippen molar-refractivity contribution >= 4 is 11.6 Å². The number of aromatic nitrogens is 1. The molecule has 0 aliphatic rings. The number of H-pyrrole nitrogens is 1. The largest absolute Gasteiger partial charge is 0.488 e. The van der Waals surface area contributed by atoms with Gasteiger partial charge >= 0.3 is 0 Å². The second kappa shape index (κ2) is 6.17. The summed E-state index contributed by atoms with van der Waals surface area (Å²) in [6.45, 7) is 2.05. The number of halogens is 2. The first-order chi connectivity index (χ1) is 10.0. The molecule has 5 nitrogen and oxygen atoms in total. The molecular formula is C14H12F2N2O3. The molecule has 2 aromatic rings. The van der Waals surface area contributed by atoms with Crippen LogP contribution in [-0.2, 0) is 0 Å². The zero-order chi connectivity index (χ0) is 15.4. The quantitative estimate of drug-likeness (QED) is 0.909. The number of carbonyl (C=O) groups excluding carboxylic acids is 1. The number of carbonyl (C=O) groups is 1. The average Bonchev–Trinajstić information content (AvgIpc) is 2.45. The van der Waals surface area contributed by atoms with Gasteiger partial charge in [-0.05, 0) is 19.1 Å². The van der Waals surface area contributed by atoms with Gasteiger partial charge in [-0.1, -0.05) is 0 Å². The van der Waals surface area contributed by atoms with E-state index in [1.54, 1.807) is 6.92 Å².